The highest BCUT2D eigenvalue weighted by atomic mass is 16.5. The van der Waals surface area contributed by atoms with Gasteiger partial charge in [0.25, 0.3) is 0 Å². The Kier molecular flexibility index (Phi) is 8.49. The third kappa shape index (κ3) is 6.42. The van der Waals surface area contributed by atoms with Crippen LogP contribution in [0.2, 0.25) is 0 Å². The van der Waals surface area contributed by atoms with Crippen molar-refractivity contribution in [1.29, 1.82) is 0 Å². The summed E-state index contributed by atoms with van der Waals surface area (Å²) in [6, 6.07) is 20.7. The number of benzene rings is 2. The van der Waals surface area contributed by atoms with E-state index in [1.807, 2.05) is 36.4 Å². The minimum atomic E-state index is -0.0485. The summed E-state index contributed by atoms with van der Waals surface area (Å²) in [7, 11) is 0. The van der Waals surface area contributed by atoms with Gasteiger partial charge in [0.1, 0.15) is 0 Å². The minimum absolute atomic E-state index is 0.0388. The van der Waals surface area contributed by atoms with Crippen LogP contribution in [0.4, 0.5) is 0 Å². The maximum absolute atomic E-state index is 8.74. The molecule has 130 valence electrons. The number of rotatable bonds is 11. The molecule has 0 unspecified atom stereocenters. The highest BCUT2D eigenvalue weighted by Gasteiger charge is 2.19. The van der Waals surface area contributed by atoms with Crippen molar-refractivity contribution in [3.8, 4) is 0 Å². The first-order chi connectivity index (χ1) is 11.8. The van der Waals surface area contributed by atoms with Gasteiger partial charge in [0.05, 0.1) is 32.5 Å². The Labute approximate surface area is 144 Å². The lowest BCUT2D eigenvalue weighted by Crippen LogP contribution is -2.33. The average Bonchev–Trinajstić information content (AvgIpc) is 2.64. The molecular weight excluding hydrogens is 302 g/mol. The van der Waals surface area contributed by atoms with Crippen LogP contribution in [0.25, 0.3) is 0 Å². The normalized spacial score (nSPS) is 13.6. The molecule has 2 N–H and O–H groups in total. The van der Waals surface area contributed by atoms with Gasteiger partial charge in [0.2, 0.25) is 0 Å². The fourth-order valence-electron chi connectivity index (χ4n) is 2.55. The van der Waals surface area contributed by atoms with Crippen molar-refractivity contribution in [3.63, 3.8) is 0 Å². The molecule has 2 aromatic rings. The van der Waals surface area contributed by atoms with E-state index in [0.717, 1.165) is 12.1 Å². The Morgan fingerprint density at radius 2 is 1.58 bits per heavy atom. The quantitative estimate of drug-likeness (QED) is 0.622. The number of ether oxygens (including phenoxy) is 2. The fourth-order valence-corrected chi connectivity index (χ4v) is 2.55. The van der Waals surface area contributed by atoms with Crippen molar-refractivity contribution < 1.29 is 14.6 Å². The molecule has 2 aromatic carbocycles. The van der Waals surface area contributed by atoms with Crippen molar-refractivity contribution in [2.75, 3.05) is 26.4 Å². The van der Waals surface area contributed by atoms with Crippen LogP contribution in [-0.4, -0.2) is 37.6 Å². The van der Waals surface area contributed by atoms with Crippen LogP contribution in [0.5, 0.6) is 0 Å². The van der Waals surface area contributed by atoms with E-state index < -0.39 is 0 Å². The molecule has 0 spiro atoms. The molecule has 4 nitrogen and oxygen atoms in total. The SMILES string of the molecule is C[C@H](NCc1ccccc1)[C@H](OCCOCCO)c1ccccc1. The molecule has 0 radical (unpaired) electrons. The zero-order chi connectivity index (χ0) is 17.0. The molecule has 24 heavy (non-hydrogen) atoms. The van der Waals surface area contributed by atoms with Crippen LogP contribution in [-0.2, 0) is 16.0 Å². The third-order valence-electron chi connectivity index (χ3n) is 3.81. The second-order valence-corrected chi connectivity index (χ2v) is 5.69. The van der Waals surface area contributed by atoms with Gasteiger partial charge >= 0.3 is 0 Å². The second-order valence-electron chi connectivity index (χ2n) is 5.69. The summed E-state index contributed by atoms with van der Waals surface area (Å²) in [6.07, 6.45) is -0.0485. The lowest BCUT2D eigenvalue weighted by Gasteiger charge is -2.26. The topological polar surface area (TPSA) is 50.7 Å². The maximum Gasteiger partial charge on any atom is 0.0976 e. The lowest BCUT2D eigenvalue weighted by atomic mass is 10.0. The fraction of sp³-hybridized carbons (Fsp3) is 0.400. The summed E-state index contributed by atoms with van der Waals surface area (Å²) in [6.45, 7) is 4.30. The number of nitrogens with one attached hydrogen (secondary N) is 1. The van der Waals surface area contributed by atoms with Crippen LogP contribution in [0, 0.1) is 0 Å². The number of aliphatic hydroxyl groups excluding tert-OH is 1. The largest absolute Gasteiger partial charge is 0.394 e. The Morgan fingerprint density at radius 3 is 2.25 bits per heavy atom. The van der Waals surface area contributed by atoms with Gasteiger partial charge < -0.3 is 19.9 Å². The van der Waals surface area contributed by atoms with Crippen LogP contribution in [0.1, 0.15) is 24.2 Å². The standard InChI is InChI=1S/C20H27NO3/c1-17(21-16-18-8-4-2-5-9-18)20(19-10-6-3-7-11-19)24-15-14-23-13-12-22/h2-11,17,20-22H,12-16H2,1H3/t17-,20-/m0/s1. The minimum Gasteiger partial charge on any atom is -0.394 e. The average molecular weight is 329 g/mol. The maximum atomic E-state index is 8.74. The van der Waals surface area contributed by atoms with E-state index in [2.05, 4.69) is 36.5 Å². The molecule has 0 fully saturated rings. The predicted octanol–water partition coefficient (Wildman–Crippen LogP) is 2.93. The molecule has 0 saturated heterocycles. The van der Waals surface area contributed by atoms with Gasteiger partial charge in [-0.25, -0.2) is 0 Å². The van der Waals surface area contributed by atoms with E-state index in [9.17, 15) is 0 Å². The smallest absolute Gasteiger partial charge is 0.0976 e. The van der Waals surface area contributed by atoms with Gasteiger partial charge in [-0.2, -0.15) is 0 Å². The first kappa shape index (κ1) is 18.6. The van der Waals surface area contributed by atoms with E-state index in [0.29, 0.717) is 19.8 Å². The van der Waals surface area contributed by atoms with Gasteiger partial charge in [0, 0.05) is 12.6 Å². The van der Waals surface area contributed by atoms with E-state index in [4.69, 9.17) is 14.6 Å². The predicted molar refractivity (Wildman–Crippen MR) is 95.8 cm³/mol. The van der Waals surface area contributed by atoms with E-state index in [1.54, 1.807) is 0 Å². The van der Waals surface area contributed by atoms with Gasteiger partial charge in [-0.1, -0.05) is 60.7 Å². The van der Waals surface area contributed by atoms with Gasteiger partial charge in [-0.05, 0) is 18.1 Å². The van der Waals surface area contributed by atoms with Gasteiger partial charge in [-0.3, -0.25) is 0 Å². The highest BCUT2D eigenvalue weighted by Crippen LogP contribution is 2.21. The van der Waals surface area contributed by atoms with Crippen molar-refractivity contribution in [2.45, 2.75) is 25.6 Å². The van der Waals surface area contributed by atoms with Gasteiger partial charge in [-0.15, -0.1) is 0 Å². The lowest BCUT2D eigenvalue weighted by molar-refractivity contribution is -0.0160. The molecule has 0 amide bonds. The summed E-state index contributed by atoms with van der Waals surface area (Å²) in [5.41, 5.74) is 2.40. The monoisotopic (exact) mass is 329 g/mol. The molecule has 0 aromatic heterocycles. The zero-order valence-electron chi connectivity index (χ0n) is 14.2. The number of hydrogen-bond acceptors (Lipinski definition) is 4. The molecule has 0 aliphatic heterocycles. The van der Waals surface area contributed by atoms with E-state index >= 15 is 0 Å². The Balaban J connectivity index is 1.91. The third-order valence-corrected chi connectivity index (χ3v) is 3.81. The first-order valence-electron chi connectivity index (χ1n) is 8.43. The zero-order valence-corrected chi connectivity index (χ0v) is 14.2. The molecule has 0 aliphatic carbocycles. The Hall–Kier alpha value is -1.72. The van der Waals surface area contributed by atoms with Crippen LogP contribution >= 0.6 is 0 Å². The second kappa shape index (κ2) is 10.9. The summed E-state index contributed by atoms with van der Waals surface area (Å²) >= 11 is 0. The first-order valence-corrected chi connectivity index (χ1v) is 8.43. The van der Waals surface area contributed by atoms with E-state index in [1.165, 1.54) is 5.56 Å². The van der Waals surface area contributed by atoms with Crippen molar-refractivity contribution in [2.24, 2.45) is 0 Å². The Bertz CT molecular complexity index is 547. The molecule has 0 saturated carbocycles. The van der Waals surface area contributed by atoms with E-state index in [-0.39, 0.29) is 18.8 Å². The number of aliphatic hydroxyl groups is 1. The molecule has 2 rings (SSSR count). The Morgan fingerprint density at radius 1 is 0.917 bits per heavy atom. The molecule has 0 bridgehead atoms. The summed E-state index contributed by atoms with van der Waals surface area (Å²) in [4.78, 5) is 0. The van der Waals surface area contributed by atoms with Crippen molar-refractivity contribution in [3.05, 3.63) is 71.8 Å². The summed E-state index contributed by atoms with van der Waals surface area (Å²) in [5.74, 6) is 0. The number of hydrogen-bond donors (Lipinski definition) is 2. The molecule has 4 heteroatoms. The highest BCUT2D eigenvalue weighted by molar-refractivity contribution is 5.19. The van der Waals surface area contributed by atoms with Crippen molar-refractivity contribution in [1.82, 2.24) is 5.32 Å². The van der Waals surface area contributed by atoms with Crippen LogP contribution < -0.4 is 5.32 Å². The summed E-state index contributed by atoms with van der Waals surface area (Å²) in [5, 5.41) is 12.3. The molecule has 0 heterocycles. The molecule has 2 atom stereocenters. The summed E-state index contributed by atoms with van der Waals surface area (Å²) < 4.78 is 11.3. The molecule has 0 aliphatic rings. The van der Waals surface area contributed by atoms with Crippen LogP contribution in [0.15, 0.2) is 60.7 Å². The van der Waals surface area contributed by atoms with Crippen LogP contribution in [0.3, 0.4) is 0 Å². The van der Waals surface area contributed by atoms with Crippen molar-refractivity contribution >= 4 is 0 Å². The van der Waals surface area contributed by atoms with Gasteiger partial charge in [0.15, 0.2) is 0 Å². The molecular formula is C20H27NO3.